The fourth-order valence-electron chi connectivity index (χ4n) is 0.503. The molecule has 0 spiro atoms. The fraction of sp³-hybridized carbons (Fsp3) is 1.00. The molecule has 0 saturated heterocycles. The average Bonchev–Trinajstić information content (AvgIpc) is 1.83. The predicted molar refractivity (Wildman–Crippen MR) is 37.1 cm³/mol. The Morgan fingerprint density at radius 2 is 1.90 bits per heavy atom. The summed E-state index contributed by atoms with van der Waals surface area (Å²) < 4.78 is 4.84. The fourth-order valence-corrected chi connectivity index (χ4v) is 0.503. The van der Waals surface area contributed by atoms with Crippen LogP contribution >= 0.6 is 0 Å². The van der Waals surface area contributed by atoms with E-state index in [1.165, 1.54) is 18.9 Å². The highest BCUT2D eigenvalue weighted by Crippen LogP contribution is 2.08. The molecule has 0 aliphatic carbocycles. The van der Waals surface area contributed by atoms with Crippen molar-refractivity contribution in [3.05, 3.63) is 0 Å². The summed E-state index contributed by atoms with van der Waals surface area (Å²) in [6.45, 7) is 3.01. The second-order valence-corrected chi connectivity index (χ2v) is 2.42. The van der Waals surface area contributed by atoms with Crippen molar-refractivity contribution in [1.82, 2.24) is 4.90 Å². The van der Waals surface area contributed by atoms with Crippen molar-refractivity contribution in [2.75, 3.05) is 14.2 Å². The quantitative estimate of drug-likeness (QED) is 0.535. The number of hydrogen-bond donors (Lipinski definition) is 2. The maximum absolute atomic E-state index is 8.99. The summed E-state index contributed by atoms with van der Waals surface area (Å²) in [4.78, 5) is 1.30. The second-order valence-electron chi connectivity index (χ2n) is 2.42. The van der Waals surface area contributed by atoms with Gasteiger partial charge in [0.2, 0.25) is 5.91 Å². The SMILES string of the molecule is COC(C)N(C)C(C)(O)O. The van der Waals surface area contributed by atoms with Crippen LogP contribution in [-0.4, -0.2) is 41.4 Å². The molecule has 0 fully saturated rings. The van der Waals surface area contributed by atoms with E-state index < -0.39 is 5.91 Å². The lowest BCUT2D eigenvalue weighted by Gasteiger charge is -2.32. The molecular weight excluding hydrogens is 134 g/mol. The monoisotopic (exact) mass is 149 g/mol. The Hall–Kier alpha value is -0.160. The van der Waals surface area contributed by atoms with Crippen molar-refractivity contribution in [2.45, 2.75) is 26.0 Å². The smallest absolute Gasteiger partial charge is 0.223 e. The first-order chi connectivity index (χ1) is 4.39. The van der Waals surface area contributed by atoms with Crippen molar-refractivity contribution in [2.24, 2.45) is 0 Å². The van der Waals surface area contributed by atoms with Gasteiger partial charge in [-0.1, -0.05) is 0 Å². The number of methoxy groups -OCH3 is 1. The van der Waals surface area contributed by atoms with Crippen LogP contribution in [0.4, 0.5) is 0 Å². The van der Waals surface area contributed by atoms with E-state index in [0.717, 1.165) is 0 Å². The highest BCUT2D eigenvalue weighted by molar-refractivity contribution is 4.58. The first kappa shape index (κ1) is 9.84. The number of ether oxygens (including phenoxy) is 1. The van der Waals surface area contributed by atoms with Crippen LogP contribution in [0.2, 0.25) is 0 Å². The zero-order chi connectivity index (χ0) is 8.36. The molecule has 0 amide bonds. The van der Waals surface area contributed by atoms with Gasteiger partial charge in [-0.25, -0.2) is 4.90 Å². The van der Waals surface area contributed by atoms with Gasteiger partial charge in [-0.3, -0.25) is 0 Å². The van der Waals surface area contributed by atoms with E-state index in [2.05, 4.69) is 0 Å². The molecule has 62 valence electrons. The van der Waals surface area contributed by atoms with Crippen LogP contribution in [0.15, 0.2) is 0 Å². The van der Waals surface area contributed by atoms with Gasteiger partial charge in [0.1, 0.15) is 6.23 Å². The Balaban J connectivity index is 3.94. The van der Waals surface area contributed by atoms with Gasteiger partial charge in [0, 0.05) is 14.0 Å². The normalized spacial score (nSPS) is 15.9. The molecule has 2 N–H and O–H groups in total. The highest BCUT2D eigenvalue weighted by Gasteiger charge is 2.25. The maximum atomic E-state index is 8.99. The summed E-state index contributed by atoms with van der Waals surface area (Å²) in [5.74, 6) is -1.81. The molecule has 0 radical (unpaired) electrons. The average molecular weight is 149 g/mol. The number of hydrogen-bond acceptors (Lipinski definition) is 4. The molecule has 1 atom stereocenters. The zero-order valence-corrected chi connectivity index (χ0v) is 6.83. The third kappa shape index (κ3) is 2.62. The van der Waals surface area contributed by atoms with Gasteiger partial charge >= 0.3 is 0 Å². The van der Waals surface area contributed by atoms with Crippen LogP contribution in [-0.2, 0) is 4.74 Å². The van der Waals surface area contributed by atoms with Gasteiger partial charge in [0.05, 0.1) is 0 Å². The van der Waals surface area contributed by atoms with Gasteiger partial charge in [-0.2, -0.15) is 0 Å². The lowest BCUT2D eigenvalue weighted by atomic mass is 10.4. The molecule has 1 unspecified atom stereocenters. The van der Waals surface area contributed by atoms with Crippen LogP contribution < -0.4 is 0 Å². The second kappa shape index (κ2) is 3.30. The summed E-state index contributed by atoms with van der Waals surface area (Å²) in [6, 6.07) is 0. The Labute approximate surface area is 61.0 Å². The minimum atomic E-state index is -1.81. The third-order valence-corrected chi connectivity index (χ3v) is 1.55. The van der Waals surface area contributed by atoms with Crippen molar-refractivity contribution in [3.8, 4) is 0 Å². The summed E-state index contributed by atoms with van der Waals surface area (Å²) in [5, 5.41) is 18.0. The van der Waals surface area contributed by atoms with E-state index in [1.807, 2.05) is 0 Å². The van der Waals surface area contributed by atoms with Crippen LogP contribution in [0.5, 0.6) is 0 Å². The Kier molecular flexibility index (Phi) is 3.24. The van der Waals surface area contributed by atoms with Crippen LogP contribution in [0, 0.1) is 0 Å². The zero-order valence-electron chi connectivity index (χ0n) is 6.83. The molecule has 0 saturated carbocycles. The first-order valence-corrected chi connectivity index (χ1v) is 3.10. The first-order valence-electron chi connectivity index (χ1n) is 3.10. The lowest BCUT2D eigenvalue weighted by Crippen LogP contribution is -2.48. The Morgan fingerprint density at radius 1 is 1.50 bits per heavy atom. The van der Waals surface area contributed by atoms with E-state index >= 15 is 0 Å². The molecule has 0 heterocycles. The molecule has 0 aliphatic heterocycles. The van der Waals surface area contributed by atoms with Gasteiger partial charge < -0.3 is 14.9 Å². The number of rotatable bonds is 3. The Morgan fingerprint density at radius 3 is 2.00 bits per heavy atom. The minimum absolute atomic E-state index is 0.306. The van der Waals surface area contributed by atoms with Crippen LogP contribution in [0.1, 0.15) is 13.8 Å². The standard InChI is InChI=1S/C6H15NO3/c1-5(10-4)7(3)6(2,8)9/h5,8-9H,1-4H3. The Bertz CT molecular complexity index is 99.7. The maximum Gasteiger partial charge on any atom is 0.223 e. The van der Waals surface area contributed by atoms with Gasteiger partial charge in [-0.15, -0.1) is 0 Å². The van der Waals surface area contributed by atoms with Crippen molar-refractivity contribution in [3.63, 3.8) is 0 Å². The van der Waals surface area contributed by atoms with Crippen molar-refractivity contribution < 1.29 is 14.9 Å². The predicted octanol–water partition coefficient (Wildman–Crippen LogP) is -0.431. The van der Waals surface area contributed by atoms with Crippen molar-refractivity contribution >= 4 is 0 Å². The van der Waals surface area contributed by atoms with E-state index in [-0.39, 0.29) is 6.23 Å². The molecule has 0 bridgehead atoms. The number of aliphatic hydroxyl groups is 2. The third-order valence-electron chi connectivity index (χ3n) is 1.55. The summed E-state index contributed by atoms with van der Waals surface area (Å²) in [5.41, 5.74) is 0. The van der Waals surface area contributed by atoms with E-state index in [9.17, 15) is 0 Å². The molecule has 4 heteroatoms. The van der Waals surface area contributed by atoms with Gasteiger partial charge in [-0.05, 0) is 14.0 Å². The molecule has 0 aromatic carbocycles. The molecular formula is C6H15NO3. The van der Waals surface area contributed by atoms with E-state index in [1.54, 1.807) is 14.0 Å². The number of nitrogens with zero attached hydrogens (tertiary/aromatic N) is 1. The summed E-state index contributed by atoms with van der Waals surface area (Å²) >= 11 is 0. The minimum Gasteiger partial charge on any atom is -0.367 e. The molecule has 0 aliphatic rings. The van der Waals surface area contributed by atoms with E-state index in [0.29, 0.717) is 0 Å². The molecule has 10 heavy (non-hydrogen) atoms. The lowest BCUT2D eigenvalue weighted by molar-refractivity contribution is -0.277. The van der Waals surface area contributed by atoms with Gasteiger partial charge in [0.25, 0.3) is 0 Å². The highest BCUT2D eigenvalue weighted by atomic mass is 16.5. The van der Waals surface area contributed by atoms with Gasteiger partial charge in [0.15, 0.2) is 0 Å². The largest absolute Gasteiger partial charge is 0.367 e. The van der Waals surface area contributed by atoms with Crippen LogP contribution in [0.3, 0.4) is 0 Å². The summed E-state index contributed by atoms with van der Waals surface area (Å²) in [6.07, 6.45) is -0.306. The molecule has 0 aromatic heterocycles. The topological polar surface area (TPSA) is 52.9 Å². The molecule has 4 nitrogen and oxygen atoms in total. The van der Waals surface area contributed by atoms with E-state index in [4.69, 9.17) is 14.9 Å². The van der Waals surface area contributed by atoms with Crippen LogP contribution in [0.25, 0.3) is 0 Å². The molecule has 0 rings (SSSR count). The molecule has 0 aromatic rings. The summed E-state index contributed by atoms with van der Waals surface area (Å²) in [7, 11) is 3.07. The van der Waals surface area contributed by atoms with Crippen molar-refractivity contribution in [1.29, 1.82) is 0 Å².